The molecule has 1 aliphatic rings. The molecule has 0 bridgehead atoms. The average Bonchev–Trinajstić information content (AvgIpc) is 2.98. The molecule has 0 aromatic heterocycles. The van der Waals surface area contributed by atoms with Crippen molar-refractivity contribution in [2.75, 3.05) is 25.5 Å². The molecule has 0 heterocycles. The summed E-state index contributed by atoms with van der Waals surface area (Å²) in [5.41, 5.74) is 1.51. The van der Waals surface area contributed by atoms with Crippen molar-refractivity contribution < 1.29 is 0 Å². The van der Waals surface area contributed by atoms with E-state index in [1.54, 1.807) is 0 Å². The van der Waals surface area contributed by atoms with Gasteiger partial charge < -0.3 is 10.6 Å². The highest BCUT2D eigenvalue weighted by Crippen LogP contribution is 2.45. The van der Waals surface area contributed by atoms with Crippen LogP contribution in [0.2, 0.25) is 5.02 Å². The maximum Gasteiger partial charge on any atom is 0.0637 e. The fourth-order valence-corrected chi connectivity index (χ4v) is 2.06. The molecule has 82 valence electrons. The van der Waals surface area contributed by atoms with Crippen molar-refractivity contribution in [3.8, 4) is 0 Å². The van der Waals surface area contributed by atoms with Crippen LogP contribution in [0.5, 0.6) is 0 Å². The SMILES string of the molecule is CNCC1(CNc2ccccc2Cl)CC1. The minimum Gasteiger partial charge on any atom is -0.383 e. The first-order chi connectivity index (χ1) is 7.26. The van der Waals surface area contributed by atoms with E-state index in [-0.39, 0.29) is 0 Å². The van der Waals surface area contributed by atoms with Gasteiger partial charge in [0.25, 0.3) is 0 Å². The highest BCUT2D eigenvalue weighted by molar-refractivity contribution is 6.33. The van der Waals surface area contributed by atoms with Crippen LogP contribution in [0, 0.1) is 5.41 Å². The summed E-state index contributed by atoms with van der Waals surface area (Å²) in [4.78, 5) is 0. The minimum atomic E-state index is 0.466. The molecular weight excluding hydrogens is 208 g/mol. The van der Waals surface area contributed by atoms with Crippen LogP contribution in [-0.4, -0.2) is 20.1 Å². The van der Waals surface area contributed by atoms with E-state index in [0.29, 0.717) is 5.41 Å². The zero-order valence-electron chi connectivity index (χ0n) is 9.02. The van der Waals surface area contributed by atoms with Crippen LogP contribution in [-0.2, 0) is 0 Å². The Morgan fingerprint density at radius 3 is 2.60 bits per heavy atom. The highest BCUT2D eigenvalue weighted by Gasteiger charge is 2.41. The summed E-state index contributed by atoms with van der Waals surface area (Å²) in [6, 6.07) is 7.90. The third kappa shape index (κ3) is 2.64. The summed E-state index contributed by atoms with van der Waals surface area (Å²) in [6.45, 7) is 2.10. The molecule has 1 aromatic rings. The van der Waals surface area contributed by atoms with Crippen LogP contribution >= 0.6 is 11.6 Å². The summed E-state index contributed by atoms with van der Waals surface area (Å²) in [5, 5.41) is 7.48. The molecule has 2 nitrogen and oxygen atoms in total. The quantitative estimate of drug-likeness (QED) is 0.804. The van der Waals surface area contributed by atoms with E-state index in [2.05, 4.69) is 10.6 Å². The van der Waals surface area contributed by atoms with Gasteiger partial charge in [-0.05, 0) is 32.0 Å². The summed E-state index contributed by atoms with van der Waals surface area (Å²) in [7, 11) is 2.01. The number of hydrogen-bond acceptors (Lipinski definition) is 2. The van der Waals surface area contributed by atoms with Crippen molar-refractivity contribution in [1.29, 1.82) is 0 Å². The lowest BCUT2D eigenvalue weighted by atomic mass is 10.1. The molecule has 0 saturated heterocycles. The largest absolute Gasteiger partial charge is 0.383 e. The zero-order chi connectivity index (χ0) is 10.7. The van der Waals surface area contributed by atoms with Crippen molar-refractivity contribution in [2.45, 2.75) is 12.8 Å². The summed E-state index contributed by atoms with van der Waals surface area (Å²) < 4.78 is 0. The highest BCUT2D eigenvalue weighted by atomic mass is 35.5. The molecule has 15 heavy (non-hydrogen) atoms. The first-order valence-corrected chi connectivity index (χ1v) is 5.77. The maximum atomic E-state index is 6.07. The minimum absolute atomic E-state index is 0.466. The molecule has 0 amide bonds. The third-order valence-corrected chi connectivity index (χ3v) is 3.37. The van der Waals surface area contributed by atoms with E-state index in [0.717, 1.165) is 23.8 Å². The van der Waals surface area contributed by atoms with Crippen molar-refractivity contribution in [3.05, 3.63) is 29.3 Å². The molecule has 3 heteroatoms. The molecule has 1 saturated carbocycles. The number of hydrogen-bond donors (Lipinski definition) is 2. The lowest BCUT2D eigenvalue weighted by Gasteiger charge is -2.16. The van der Waals surface area contributed by atoms with Gasteiger partial charge in [0.15, 0.2) is 0 Å². The Morgan fingerprint density at radius 1 is 1.27 bits per heavy atom. The van der Waals surface area contributed by atoms with E-state index >= 15 is 0 Å². The van der Waals surface area contributed by atoms with Gasteiger partial charge in [-0.2, -0.15) is 0 Å². The van der Waals surface area contributed by atoms with Crippen molar-refractivity contribution in [1.82, 2.24) is 5.32 Å². The number of rotatable bonds is 5. The topological polar surface area (TPSA) is 24.1 Å². The molecule has 0 aliphatic heterocycles. The van der Waals surface area contributed by atoms with Crippen LogP contribution in [0.3, 0.4) is 0 Å². The Morgan fingerprint density at radius 2 is 2.00 bits per heavy atom. The van der Waals surface area contributed by atoms with E-state index in [9.17, 15) is 0 Å². The van der Waals surface area contributed by atoms with E-state index < -0.39 is 0 Å². The molecular formula is C12H17ClN2. The van der Waals surface area contributed by atoms with Crippen LogP contribution in [0.15, 0.2) is 24.3 Å². The molecule has 0 unspecified atom stereocenters. The van der Waals surface area contributed by atoms with E-state index in [4.69, 9.17) is 11.6 Å². The van der Waals surface area contributed by atoms with Crippen molar-refractivity contribution in [2.24, 2.45) is 5.41 Å². The van der Waals surface area contributed by atoms with Gasteiger partial charge in [0.1, 0.15) is 0 Å². The van der Waals surface area contributed by atoms with Crippen LogP contribution < -0.4 is 10.6 Å². The van der Waals surface area contributed by atoms with Gasteiger partial charge in [-0.1, -0.05) is 23.7 Å². The first kappa shape index (κ1) is 10.8. The van der Waals surface area contributed by atoms with Gasteiger partial charge in [-0.15, -0.1) is 0 Å². The maximum absolute atomic E-state index is 6.07. The van der Waals surface area contributed by atoms with Gasteiger partial charge in [0, 0.05) is 18.5 Å². The zero-order valence-corrected chi connectivity index (χ0v) is 9.77. The van der Waals surface area contributed by atoms with E-state index in [1.807, 2.05) is 31.3 Å². The Kier molecular flexibility index (Phi) is 3.17. The fraction of sp³-hybridized carbons (Fsp3) is 0.500. The van der Waals surface area contributed by atoms with Crippen LogP contribution in [0.25, 0.3) is 0 Å². The standard InChI is InChI=1S/C12H17ClN2/c1-14-8-12(6-7-12)9-15-11-5-3-2-4-10(11)13/h2-5,14-15H,6-9H2,1H3. The van der Waals surface area contributed by atoms with Crippen LogP contribution in [0.4, 0.5) is 5.69 Å². The van der Waals surface area contributed by atoms with Gasteiger partial charge >= 0.3 is 0 Å². The predicted molar refractivity (Wildman–Crippen MR) is 65.5 cm³/mol. The average molecular weight is 225 g/mol. The van der Waals surface area contributed by atoms with Gasteiger partial charge in [0.05, 0.1) is 10.7 Å². The Bertz CT molecular complexity index is 334. The van der Waals surface area contributed by atoms with Gasteiger partial charge in [-0.25, -0.2) is 0 Å². The smallest absolute Gasteiger partial charge is 0.0637 e. The fourth-order valence-electron chi connectivity index (χ4n) is 1.86. The molecule has 1 aromatic carbocycles. The van der Waals surface area contributed by atoms with E-state index in [1.165, 1.54) is 12.8 Å². The molecule has 0 radical (unpaired) electrons. The number of anilines is 1. The molecule has 0 spiro atoms. The lowest BCUT2D eigenvalue weighted by Crippen LogP contribution is -2.26. The number of benzene rings is 1. The van der Waals surface area contributed by atoms with Crippen molar-refractivity contribution >= 4 is 17.3 Å². The second-order valence-electron chi connectivity index (χ2n) is 4.36. The van der Waals surface area contributed by atoms with Gasteiger partial charge in [-0.3, -0.25) is 0 Å². The van der Waals surface area contributed by atoms with Crippen molar-refractivity contribution in [3.63, 3.8) is 0 Å². The number of para-hydroxylation sites is 1. The summed E-state index contributed by atoms with van der Waals surface area (Å²) in [5.74, 6) is 0. The van der Waals surface area contributed by atoms with Crippen LogP contribution in [0.1, 0.15) is 12.8 Å². The Labute approximate surface area is 96.0 Å². The molecule has 2 N–H and O–H groups in total. The lowest BCUT2D eigenvalue weighted by molar-refractivity contribution is 0.507. The predicted octanol–water partition coefficient (Wildman–Crippen LogP) is 2.75. The van der Waals surface area contributed by atoms with Gasteiger partial charge in [0.2, 0.25) is 0 Å². The summed E-state index contributed by atoms with van der Waals surface area (Å²) >= 11 is 6.07. The third-order valence-electron chi connectivity index (χ3n) is 3.04. The normalized spacial score (nSPS) is 17.5. The molecule has 0 atom stereocenters. The molecule has 1 aliphatic carbocycles. The molecule has 1 fully saturated rings. The molecule has 2 rings (SSSR count). The Balaban J connectivity index is 1.91. The second-order valence-corrected chi connectivity index (χ2v) is 4.77. The summed E-state index contributed by atoms with van der Waals surface area (Å²) in [6.07, 6.45) is 2.62. The number of halogens is 1. The second kappa shape index (κ2) is 4.42. The Hall–Kier alpha value is -0.730. The monoisotopic (exact) mass is 224 g/mol. The number of nitrogens with one attached hydrogen (secondary N) is 2. The first-order valence-electron chi connectivity index (χ1n) is 5.39.